The molecule has 0 aromatic carbocycles. The second-order valence-electron chi connectivity index (χ2n) is 6.81. The van der Waals surface area contributed by atoms with Crippen molar-refractivity contribution in [2.24, 2.45) is 22.9 Å². The van der Waals surface area contributed by atoms with Crippen LogP contribution < -0.4 is 22.9 Å². The third-order valence-corrected chi connectivity index (χ3v) is 10.4. The average molecular weight is 503 g/mol. The lowest BCUT2D eigenvalue weighted by Crippen LogP contribution is -2.46. The maximum atomic E-state index is 5.65. The second-order valence-corrected chi connectivity index (χ2v) is 12.6. The van der Waals surface area contributed by atoms with Crippen LogP contribution in [0.4, 0.5) is 0 Å². The van der Waals surface area contributed by atoms with Gasteiger partial charge in [0.15, 0.2) is 0 Å². The molecule has 0 bridgehead atoms. The van der Waals surface area contributed by atoms with Crippen molar-refractivity contribution in [2.45, 2.75) is 71.5 Å². The Labute approximate surface area is 199 Å². The Balaban J connectivity index is -0.000000417. The summed E-state index contributed by atoms with van der Waals surface area (Å²) in [7, 11) is 0.106. The van der Waals surface area contributed by atoms with E-state index >= 15 is 0 Å². The van der Waals surface area contributed by atoms with E-state index < -0.39 is 17.6 Å². The third-order valence-electron chi connectivity index (χ3n) is 4.46. The molecule has 1 unspecified atom stereocenters. The SMILES string of the molecule is CCC(N)CCN.CCO[Si](CCCN)(OCC)OCC.CO[Si](CCCN)(OC)OC. The number of rotatable bonds is 18. The fourth-order valence-electron chi connectivity index (χ4n) is 2.61. The number of nitrogens with two attached hydrogens (primary N) is 4. The summed E-state index contributed by atoms with van der Waals surface area (Å²) in [6, 6.07) is 1.93. The summed E-state index contributed by atoms with van der Waals surface area (Å²) in [4.78, 5) is 0. The summed E-state index contributed by atoms with van der Waals surface area (Å²) < 4.78 is 32.5. The first-order chi connectivity index (χ1) is 15.3. The highest BCUT2D eigenvalue weighted by molar-refractivity contribution is 6.61. The van der Waals surface area contributed by atoms with Crippen LogP contribution in [0.3, 0.4) is 0 Å². The van der Waals surface area contributed by atoms with E-state index in [0.29, 0.717) is 39.0 Å². The van der Waals surface area contributed by atoms with E-state index in [-0.39, 0.29) is 0 Å². The lowest BCUT2D eigenvalue weighted by Gasteiger charge is -2.28. The zero-order valence-corrected chi connectivity index (χ0v) is 23.8. The van der Waals surface area contributed by atoms with E-state index in [9.17, 15) is 0 Å². The molecule has 0 heterocycles. The predicted molar refractivity (Wildman–Crippen MR) is 136 cm³/mol. The van der Waals surface area contributed by atoms with Crippen LogP contribution in [0.2, 0.25) is 12.1 Å². The van der Waals surface area contributed by atoms with Crippen molar-refractivity contribution in [1.82, 2.24) is 0 Å². The van der Waals surface area contributed by atoms with E-state index in [0.717, 1.165) is 44.3 Å². The maximum absolute atomic E-state index is 5.65. The molecule has 0 aromatic rings. The van der Waals surface area contributed by atoms with Crippen molar-refractivity contribution in [1.29, 1.82) is 0 Å². The summed E-state index contributed by atoms with van der Waals surface area (Å²) in [6.07, 6.45) is 3.77. The predicted octanol–water partition coefficient (Wildman–Crippen LogP) is 1.67. The highest BCUT2D eigenvalue weighted by Gasteiger charge is 2.39. The Kier molecular flexibility index (Phi) is 29.3. The molecule has 0 saturated carbocycles. The molecule has 198 valence electrons. The average Bonchev–Trinajstić information content (AvgIpc) is 2.80. The molecule has 0 aliphatic heterocycles. The second kappa shape index (κ2) is 25.7. The quantitative estimate of drug-likeness (QED) is 0.203. The topological polar surface area (TPSA) is 159 Å². The molecule has 32 heavy (non-hydrogen) atoms. The largest absolute Gasteiger partial charge is 0.500 e. The molecule has 0 amide bonds. The molecule has 0 spiro atoms. The van der Waals surface area contributed by atoms with Gasteiger partial charge < -0.3 is 49.5 Å². The molecule has 10 nitrogen and oxygen atoms in total. The smallest absolute Gasteiger partial charge is 0.377 e. The molecule has 0 aliphatic carbocycles. The van der Waals surface area contributed by atoms with Gasteiger partial charge in [0, 0.05) is 59.3 Å². The van der Waals surface area contributed by atoms with Crippen molar-refractivity contribution < 1.29 is 26.6 Å². The van der Waals surface area contributed by atoms with E-state index in [2.05, 4.69) is 6.92 Å². The van der Waals surface area contributed by atoms with E-state index in [1.165, 1.54) is 0 Å². The van der Waals surface area contributed by atoms with Crippen molar-refractivity contribution in [3.63, 3.8) is 0 Å². The Morgan fingerprint density at radius 1 is 0.625 bits per heavy atom. The summed E-state index contributed by atoms with van der Waals surface area (Å²) >= 11 is 0. The van der Waals surface area contributed by atoms with Crippen LogP contribution in [0.5, 0.6) is 0 Å². The zero-order chi connectivity index (χ0) is 25.3. The number of hydrogen-bond donors (Lipinski definition) is 4. The van der Waals surface area contributed by atoms with Crippen molar-refractivity contribution in [3.8, 4) is 0 Å². The van der Waals surface area contributed by atoms with Crippen LogP contribution in [0, 0.1) is 0 Å². The van der Waals surface area contributed by atoms with Crippen molar-refractivity contribution in [2.75, 3.05) is 60.8 Å². The first-order valence-corrected chi connectivity index (χ1v) is 15.6. The minimum absolute atomic E-state index is 0.324. The van der Waals surface area contributed by atoms with Crippen molar-refractivity contribution >= 4 is 17.6 Å². The Morgan fingerprint density at radius 3 is 1.22 bits per heavy atom. The normalized spacial score (nSPS) is 12.5. The molecular weight excluding hydrogens is 448 g/mol. The molecule has 1 atom stereocenters. The van der Waals surface area contributed by atoms with Gasteiger partial charge in [0.2, 0.25) is 0 Å². The van der Waals surface area contributed by atoms with Gasteiger partial charge >= 0.3 is 17.6 Å². The van der Waals surface area contributed by atoms with E-state index in [4.69, 9.17) is 49.5 Å². The summed E-state index contributed by atoms with van der Waals surface area (Å²) in [5, 5.41) is 0. The van der Waals surface area contributed by atoms with Crippen LogP contribution in [0.25, 0.3) is 0 Å². The first kappa shape index (κ1) is 36.6. The zero-order valence-electron chi connectivity index (χ0n) is 21.8. The van der Waals surface area contributed by atoms with Gasteiger partial charge in [-0.2, -0.15) is 0 Å². The van der Waals surface area contributed by atoms with Gasteiger partial charge in [0.05, 0.1) is 0 Å². The molecule has 0 aromatic heterocycles. The van der Waals surface area contributed by atoms with Gasteiger partial charge in [-0.1, -0.05) is 6.92 Å². The molecule has 0 aliphatic rings. The summed E-state index contributed by atoms with van der Waals surface area (Å²) in [5.41, 5.74) is 21.6. The van der Waals surface area contributed by atoms with Crippen LogP contribution in [0.15, 0.2) is 0 Å². The molecule has 12 heteroatoms. The van der Waals surface area contributed by atoms with Gasteiger partial charge in [-0.25, -0.2) is 0 Å². The van der Waals surface area contributed by atoms with Gasteiger partial charge in [0.1, 0.15) is 0 Å². The number of hydrogen-bond acceptors (Lipinski definition) is 10. The standard InChI is InChI=1S/C9H23NO3Si.C6H17NO3Si.C5H14N2/c1-4-11-14(12-5-2,13-6-3)9-7-8-10;1-8-11(9-2,10-3)6-4-5-7;1-2-5(7)3-4-6/h4-10H2,1-3H3;4-7H2,1-3H3;5H,2-4,6-7H2,1H3. The summed E-state index contributed by atoms with van der Waals surface area (Å²) in [6.45, 7) is 11.9. The molecule has 0 radical (unpaired) electrons. The van der Waals surface area contributed by atoms with Gasteiger partial charge in [-0.05, 0) is 66.1 Å². The molecule has 0 saturated heterocycles. The van der Waals surface area contributed by atoms with E-state index in [1.807, 2.05) is 20.8 Å². The monoisotopic (exact) mass is 502 g/mol. The molecular formula is C20H54N4O6Si2. The lowest BCUT2D eigenvalue weighted by molar-refractivity contribution is 0.0710. The van der Waals surface area contributed by atoms with E-state index in [1.54, 1.807) is 21.3 Å². The van der Waals surface area contributed by atoms with Crippen LogP contribution in [-0.2, 0) is 26.6 Å². The van der Waals surface area contributed by atoms with Gasteiger partial charge in [-0.3, -0.25) is 0 Å². The molecule has 0 fully saturated rings. The first-order valence-electron chi connectivity index (χ1n) is 11.7. The summed E-state index contributed by atoms with van der Waals surface area (Å²) in [5.74, 6) is 0. The highest BCUT2D eigenvalue weighted by Crippen LogP contribution is 2.17. The Morgan fingerprint density at radius 2 is 1.00 bits per heavy atom. The van der Waals surface area contributed by atoms with Crippen LogP contribution in [-0.4, -0.2) is 84.4 Å². The Hall–Kier alpha value is 0.0338. The Bertz CT molecular complexity index is 348. The molecule has 0 rings (SSSR count). The third kappa shape index (κ3) is 19.5. The highest BCUT2D eigenvalue weighted by atomic mass is 28.4. The lowest BCUT2D eigenvalue weighted by atomic mass is 10.2. The molecule has 8 N–H and O–H groups in total. The van der Waals surface area contributed by atoms with Gasteiger partial charge in [-0.15, -0.1) is 0 Å². The fourth-order valence-corrected chi connectivity index (χ4v) is 7.00. The minimum Gasteiger partial charge on any atom is -0.377 e. The maximum Gasteiger partial charge on any atom is 0.500 e. The van der Waals surface area contributed by atoms with Gasteiger partial charge in [0.25, 0.3) is 0 Å². The fraction of sp³-hybridized carbons (Fsp3) is 1.00. The minimum atomic E-state index is -2.40. The van der Waals surface area contributed by atoms with Crippen molar-refractivity contribution in [3.05, 3.63) is 0 Å². The van der Waals surface area contributed by atoms with Crippen LogP contribution >= 0.6 is 0 Å². The van der Waals surface area contributed by atoms with Crippen LogP contribution in [0.1, 0.15) is 53.4 Å².